The summed E-state index contributed by atoms with van der Waals surface area (Å²) >= 11 is 0. The number of rotatable bonds is 10. The second-order valence-corrected chi connectivity index (χ2v) is 12.0. The van der Waals surface area contributed by atoms with Gasteiger partial charge in [-0.15, -0.1) is 0 Å². The summed E-state index contributed by atoms with van der Waals surface area (Å²) in [6, 6.07) is 49.6. The lowest BCUT2D eigenvalue weighted by molar-refractivity contribution is -0.135. The summed E-state index contributed by atoms with van der Waals surface area (Å²) in [5, 5.41) is 0. The summed E-state index contributed by atoms with van der Waals surface area (Å²) in [5.74, 6) is -0.210. The van der Waals surface area contributed by atoms with Crippen molar-refractivity contribution >= 4 is 12.0 Å². The number of nitrogens with zero attached hydrogens (tertiary/aromatic N) is 4. The standard InChI is InChI=1S/C42H36N4O3/c47-40-39(28-33-16-6-1-7-17-33)46(41(48)49-31-34-18-8-2-9-19-34)27-26-44(40)29-38-30-45(32-43-38)42(35-20-10-3-11-21-35,36-22-12-4-13-23-36)37-24-14-5-15-25-37/h1-27,30,32,39H,28-29,31H2/t39-/m0/s1. The van der Waals surface area contributed by atoms with Crippen molar-refractivity contribution in [1.29, 1.82) is 0 Å². The molecule has 1 aliphatic rings. The molecule has 0 aliphatic carbocycles. The molecule has 1 aromatic heterocycles. The van der Waals surface area contributed by atoms with Crippen LogP contribution in [-0.4, -0.2) is 37.4 Å². The lowest BCUT2D eigenvalue weighted by atomic mass is 9.77. The van der Waals surface area contributed by atoms with Crippen molar-refractivity contribution in [3.63, 3.8) is 0 Å². The van der Waals surface area contributed by atoms with Gasteiger partial charge in [0, 0.05) is 25.0 Å². The predicted octanol–water partition coefficient (Wildman–Crippen LogP) is 7.79. The highest BCUT2D eigenvalue weighted by atomic mass is 16.6. The highest BCUT2D eigenvalue weighted by Gasteiger charge is 2.39. The van der Waals surface area contributed by atoms with Crippen LogP contribution in [0.1, 0.15) is 33.5 Å². The number of carbonyl (C=O) groups excluding carboxylic acids is 2. The van der Waals surface area contributed by atoms with Gasteiger partial charge in [-0.25, -0.2) is 9.78 Å². The molecule has 242 valence electrons. The van der Waals surface area contributed by atoms with Gasteiger partial charge in [-0.2, -0.15) is 0 Å². The van der Waals surface area contributed by atoms with Crippen molar-refractivity contribution in [2.45, 2.75) is 31.2 Å². The van der Waals surface area contributed by atoms with Crippen LogP contribution in [0.4, 0.5) is 4.79 Å². The third-order valence-electron chi connectivity index (χ3n) is 8.93. The minimum Gasteiger partial charge on any atom is -0.444 e. The summed E-state index contributed by atoms with van der Waals surface area (Å²) in [7, 11) is 0. The van der Waals surface area contributed by atoms with Crippen LogP contribution in [0.5, 0.6) is 0 Å². The molecule has 7 rings (SSSR count). The second-order valence-electron chi connectivity index (χ2n) is 12.0. The highest BCUT2D eigenvalue weighted by Crippen LogP contribution is 2.41. The maximum atomic E-state index is 14.2. The number of amides is 2. The van der Waals surface area contributed by atoms with E-state index in [9.17, 15) is 9.59 Å². The third-order valence-corrected chi connectivity index (χ3v) is 8.93. The minimum absolute atomic E-state index is 0.114. The summed E-state index contributed by atoms with van der Waals surface area (Å²) in [6.07, 6.45) is 6.91. The Morgan fingerprint density at radius 1 is 0.653 bits per heavy atom. The van der Waals surface area contributed by atoms with E-state index in [4.69, 9.17) is 9.72 Å². The van der Waals surface area contributed by atoms with E-state index in [0.29, 0.717) is 12.1 Å². The van der Waals surface area contributed by atoms with Crippen molar-refractivity contribution < 1.29 is 14.3 Å². The van der Waals surface area contributed by atoms with Crippen LogP contribution in [0.2, 0.25) is 0 Å². The van der Waals surface area contributed by atoms with Crippen molar-refractivity contribution in [2.24, 2.45) is 0 Å². The predicted molar refractivity (Wildman–Crippen MR) is 189 cm³/mol. The Bertz CT molecular complexity index is 1920. The molecule has 0 saturated heterocycles. The Labute approximate surface area is 286 Å². The van der Waals surface area contributed by atoms with Gasteiger partial charge in [0.15, 0.2) is 0 Å². The monoisotopic (exact) mass is 644 g/mol. The molecular weight excluding hydrogens is 608 g/mol. The van der Waals surface area contributed by atoms with Crippen LogP contribution in [0.15, 0.2) is 177 Å². The van der Waals surface area contributed by atoms with Crippen molar-refractivity contribution in [3.05, 3.63) is 210 Å². The number of carbonyl (C=O) groups is 2. The maximum absolute atomic E-state index is 14.2. The zero-order valence-electron chi connectivity index (χ0n) is 27.0. The molecule has 1 aliphatic heterocycles. The SMILES string of the molecule is O=C1[C@H](Cc2ccccc2)N(C(=O)OCc2ccccc2)C=CN1Cc1cn(C(c2ccccc2)(c2ccccc2)c2ccccc2)cn1. The average Bonchev–Trinajstić information content (AvgIpc) is 3.63. The number of benzene rings is 5. The molecule has 0 saturated carbocycles. The summed E-state index contributed by atoms with van der Waals surface area (Å²) in [6.45, 7) is 0.346. The third kappa shape index (κ3) is 6.51. The van der Waals surface area contributed by atoms with Gasteiger partial charge in [0.05, 0.1) is 18.6 Å². The molecule has 6 aromatic rings. The van der Waals surface area contributed by atoms with Gasteiger partial charge in [-0.3, -0.25) is 9.69 Å². The number of hydrogen-bond donors (Lipinski definition) is 0. The summed E-state index contributed by atoms with van der Waals surface area (Å²) in [4.78, 5) is 35.4. The molecule has 0 unspecified atom stereocenters. The lowest BCUT2D eigenvalue weighted by Crippen LogP contribution is -2.51. The Morgan fingerprint density at radius 3 is 1.67 bits per heavy atom. The number of aromatic nitrogens is 2. The molecule has 2 amide bonds. The largest absolute Gasteiger partial charge is 0.444 e. The lowest BCUT2D eigenvalue weighted by Gasteiger charge is -2.37. The number of hydrogen-bond acceptors (Lipinski definition) is 4. The fraction of sp³-hybridized carbons (Fsp3) is 0.119. The van der Waals surface area contributed by atoms with Gasteiger partial charge in [0.2, 0.25) is 0 Å². The topological polar surface area (TPSA) is 67.7 Å². The smallest absolute Gasteiger partial charge is 0.414 e. The Balaban J connectivity index is 1.21. The number of ether oxygens (including phenoxy) is 1. The van der Waals surface area contributed by atoms with E-state index in [0.717, 1.165) is 27.8 Å². The van der Waals surface area contributed by atoms with Crippen LogP contribution < -0.4 is 0 Å². The van der Waals surface area contributed by atoms with Gasteiger partial charge in [0.1, 0.15) is 18.2 Å². The van der Waals surface area contributed by atoms with Crippen LogP contribution in [0, 0.1) is 0 Å². The van der Waals surface area contributed by atoms with Crippen LogP contribution >= 0.6 is 0 Å². The molecule has 49 heavy (non-hydrogen) atoms. The first-order valence-corrected chi connectivity index (χ1v) is 16.3. The van der Waals surface area contributed by atoms with E-state index >= 15 is 0 Å². The minimum atomic E-state index is -0.783. The van der Waals surface area contributed by atoms with Gasteiger partial charge in [-0.05, 0) is 27.8 Å². The fourth-order valence-electron chi connectivity index (χ4n) is 6.56. The molecular formula is C42H36N4O3. The molecule has 5 aromatic carbocycles. The van der Waals surface area contributed by atoms with E-state index in [-0.39, 0.29) is 19.1 Å². The van der Waals surface area contributed by atoms with Gasteiger partial charge >= 0.3 is 6.09 Å². The van der Waals surface area contributed by atoms with Crippen molar-refractivity contribution in [1.82, 2.24) is 19.4 Å². The van der Waals surface area contributed by atoms with E-state index in [1.807, 2.05) is 91.4 Å². The van der Waals surface area contributed by atoms with Crippen molar-refractivity contribution in [3.8, 4) is 0 Å². The average molecular weight is 645 g/mol. The molecule has 0 fully saturated rings. The molecule has 0 spiro atoms. The van der Waals surface area contributed by atoms with Gasteiger partial charge < -0.3 is 14.2 Å². The van der Waals surface area contributed by atoms with Crippen LogP contribution in [-0.2, 0) is 34.6 Å². The molecule has 2 heterocycles. The molecule has 7 nitrogen and oxygen atoms in total. The number of imidazole rings is 1. The summed E-state index contributed by atoms with van der Waals surface area (Å²) < 4.78 is 7.79. The zero-order chi connectivity index (χ0) is 33.5. The van der Waals surface area contributed by atoms with Gasteiger partial charge in [0.25, 0.3) is 5.91 Å². The highest BCUT2D eigenvalue weighted by molar-refractivity contribution is 5.88. The Hall–Kier alpha value is -6.21. The molecule has 0 bridgehead atoms. The van der Waals surface area contributed by atoms with Gasteiger partial charge in [-0.1, -0.05) is 152 Å². The molecule has 0 radical (unpaired) electrons. The Kier molecular flexibility index (Phi) is 9.15. The first-order valence-electron chi connectivity index (χ1n) is 16.3. The van der Waals surface area contributed by atoms with E-state index in [1.165, 1.54) is 4.90 Å². The fourth-order valence-corrected chi connectivity index (χ4v) is 6.56. The van der Waals surface area contributed by atoms with E-state index in [1.54, 1.807) is 17.3 Å². The molecule has 0 N–H and O–H groups in total. The quantitative estimate of drug-likeness (QED) is 0.143. The maximum Gasteiger partial charge on any atom is 0.414 e. The van der Waals surface area contributed by atoms with Crippen molar-refractivity contribution in [2.75, 3.05) is 0 Å². The molecule has 1 atom stereocenters. The van der Waals surface area contributed by atoms with Crippen LogP contribution in [0.3, 0.4) is 0 Å². The van der Waals surface area contributed by atoms with Crippen LogP contribution in [0.25, 0.3) is 0 Å². The zero-order valence-corrected chi connectivity index (χ0v) is 27.0. The normalized spacial score (nSPS) is 14.5. The van der Waals surface area contributed by atoms with E-state index in [2.05, 4.69) is 77.4 Å². The second kappa shape index (κ2) is 14.3. The van der Waals surface area contributed by atoms with E-state index < -0.39 is 17.7 Å². The Morgan fingerprint density at radius 2 is 1.14 bits per heavy atom. The first-order chi connectivity index (χ1) is 24.1. The first kappa shape index (κ1) is 31.4. The summed E-state index contributed by atoms with van der Waals surface area (Å²) in [5.41, 5.74) is 5.06. The molecule has 7 heteroatoms.